The van der Waals surface area contributed by atoms with Crippen molar-refractivity contribution in [2.75, 3.05) is 0 Å². The fraction of sp³-hybridized carbons (Fsp3) is 0.278. The number of halogens is 1. The SMILES string of the molecule is CCCC(N)c1nc2ccccc2n1Cc1ccc(Br)cc1. The molecule has 22 heavy (non-hydrogen) atoms. The lowest BCUT2D eigenvalue weighted by molar-refractivity contribution is 0.572. The molecule has 0 aliphatic carbocycles. The second-order valence-electron chi connectivity index (χ2n) is 5.57. The quantitative estimate of drug-likeness (QED) is 0.722. The maximum absolute atomic E-state index is 6.36. The van der Waals surface area contributed by atoms with Crippen LogP contribution in [0.1, 0.15) is 37.2 Å². The van der Waals surface area contributed by atoms with Gasteiger partial charge in [0.15, 0.2) is 0 Å². The molecule has 0 bridgehead atoms. The molecule has 1 heterocycles. The van der Waals surface area contributed by atoms with Gasteiger partial charge in [0.05, 0.1) is 17.1 Å². The molecular weight excluding hydrogens is 338 g/mol. The zero-order chi connectivity index (χ0) is 15.5. The van der Waals surface area contributed by atoms with Gasteiger partial charge in [-0.15, -0.1) is 0 Å². The third-order valence-corrected chi connectivity index (χ3v) is 4.40. The summed E-state index contributed by atoms with van der Waals surface area (Å²) in [7, 11) is 0. The van der Waals surface area contributed by atoms with E-state index in [1.807, 2.05) is 6.07 Å². The Balaban J connectivity index is 2.05. The molecule has 3 nitrogen and oxygen atoms in total. The monoisotopic (exact) mass is 357 g/mol. The number of hydrogen-bond donors (Lipinski definition) is 1. The fourth-order valence-electron chi connectivity index (χ4n) is 2.76. The van der Waals surface area contributed by atoms with Crippen LogP contribution >= 0.6 is 15.9 Å². The standard InChI is InChI=1S/C18H20BrN3/c1-2-5-15(20)18-21-16-6-3-4-7-17(16)22(18)12-13-8-10-14(19)11-9-13/h3-4,6-11,15H,2,5,12,20H2,1H3. The molecule has 1 aromatic heterocycles. The van der Waals surface area contributed by atoms with E-state index in [-0.39, 0.29) is 6.04 Å². The van der Waals surface area contributed by atoms with Gasteiger partial charge in [0.25, 0.3) is 0 Å². The smallest absolute Gasteiger partial charge is 0.127 e. The van der Waals surface area contributed by atoms with E-state index < -0.39 is 0 Å². The van der Waals surface area contributed by atoms with Crippen LogP contribution in [0.25, 0.3) is 11.0 Å². The van der Waals surface area contributed by atoms with Gasteiger partial charge in [-0.25, -0.2) is 4.98 Å². The van der Waals surface area contributed by atoms with Crippen LogP contribution in [0.4, 0.5) is 0 Å². The molecule has 0 saturated heterocycles. The van der Waals surface area contributed by atoms with Crippen LogP contribution in [-0.2, 0) is 6.54 Å². The Labute approximate surface area is 139 Å². The summed E-state index contributed by atoms with van der Waals surface area (Å²) in [4.78, 5) is 4.77. The molecule has 2 N–H and O–H groups in total. The number of fused-ring (bicyclic) bond motifs is 1. The maximum Gasteiger partial charge on any atom is 0.127 e. The molecule has 114 valence electrons. The Hall–Kier alpha value is -1.65. The topological polar surface area (TPSA) is 43.8 Å². The Kier molecular flexibility index (Phi) is 4.60. The number of rotatable bonds is 5. The second kappa shape index (κ2) is 6.63. The van der Waals surface area contributed by atoms with Crippen molar-refractivity contribution >= 4 is 27.0 Å². The first-order valence-electron chi connectivity index (χ1n) is 7.64. The molecule has 0 amide bonds. The summed E-state index contributed by atoms with van der Waals surface area (Å²) in [6.45, 7) is 2.95. The Morgan fingerprint density at radius 3 is 2.59 bits per heavy atom. The van der Waals surface area contributed by atoms with E-state index in [0.29, 0.717) is 0 Å². The number of para-hydroxylation sites is 2. The molecule has 1 atom stereocenters. The molecule has 1 unspecified atom stereocenters. The summed E-state index contributed by atoms with van der Waals surface area (Å²) in [6.07, 6.45) is 2.01. The maximum atomic E-state index is 6.36. The zero-order valence-corrected chi connectivity index (χ0v) is 14.3. The predicted octanol–water partition coefficient (Wildman–Crippen LogP) is 4.65. The average Bonchev–Trinajstić information content (AvgIpc) is 2.89. The number of hydrogen-bond acceptors (Lipinski definition) is 2. The number of nitrogens with two attached hydrogens (primary N) is 1. The summed E-state index contributed by atoms with van der Waals surface area (Å²) >= 11 is 3.48. The van der Waals surface area contributed by atoms with Gasteiger partial charge in [0.2, 0.25) is 0 Å². The van der Waals surface area contributed by atoms with E-state index in [4.69, 9.17) is 10.7 Å². The minimum absolute atomic E-state index is 0.0205. The summed E-state index contributed by atoms with van der Waals surface area (Å²) in [5, 5.41) is 0. The molecule has 0 aliphatic rings. The van der Waals surface area contributed by atoms with Gasteiger partial charge in [-0.1, -0.05) is 53.5 Å². The lowest BCUT2D eigenvalue weighted by Crippen LogP contribution is -2.17. The summed E-state index contributed by atoms with van der Waals surface area (Å²) in [5.41, 5.74) is 9.76. The van der Waals surface area contributed by atoms with E-state index in [1.54, 1.807) is 0 Å². The van der Waals surface area contributed by atoms with Crippen LogP contribution in [0.3, 0.4) is 0 Å². The average molecular weight is 358 g/mol. The lowest BCUT2D eigenvalue weighted by Gasteiger charge is -2.14. The van der Waals surface area contributed by atoms with Crippen LogP contribution in [0.5, 0.6) is 0 Å². The largest absolute Gasteiger partial charge is 0.322 e. The van der Waals surface area contributed by atoms with Crippen molar-refractivity contribution in [2.45, 2.75) is 32.4 Å². The summed E-state index contributed by atoms with van der Waals surface area (Å²) in [5.74, 6) is 0.978. The molecule has 4 heteroatoms. The third-order valence-electron chi connectivity index (χ3n) is 3.87. The Morgan fingerprint density at radius 2 is 1.86 bits per heavy atom. The molecule has 0 saturated carbocycles. The molecule has 2 aromatic carbocycles. The van der Waals surface area contributed by atoms with E-state index in [0.717, 1.165) is 40.7 Å². The first-order valence-corrected chi connectivity index (χ1v) is 8.43. The van der Waals surface area contributed by atoms with Gasteiger partial charge < -0.3 is 10.3 Å². The van der Waals surface area contributed by atoms with E-state index in [9.17, 15) is 0 Å². The van der Waals surface area contributed by atoms with Crippen molar-refractivity contribution in [3.05, 3.63) is 64.4 Å². The molecule has 0 aliphatic heterocycles. The first kappa shape index (κ1) is 15.3. The highest BCUT2D eigenvalue weighted by atomic mass is 79.9. The van der Waals surface area contributed by atoms with Crippen molar-refractivity contribution in [1.82, 2.24) is 9.55 Å². The molecule has 0 fully saturated rings. The van der Waals surface area contributed by atoms with Crippen LogP contribution in [0.15, 0.2) is 53.0 Å². The molecular formula is C18H20BrN3. The van der Waals surface area contributed by atoms with Gasteiger partial charge in [0.1, 0.15) is 5.82 Å². The van der Waals surface area contributed by atoms with Gasteiger partial charge in [-0.3, -0.25) is 0 Å². The van der Waals surface area contributed by atoms with Crippen molar-refractivity contribution in [1.29, 1.82) is 0 Å². The summed E-state index contributed by atoms with van der Waals surface area (Å²) < 4.78 is 3.34. The van der Waals surface area contributed by atoms with Gasteiger partial charge in [-0.2, -0.15) is 0 Å². The Bertz CT molecular complexity index is 762. The number of benzene rings is 2. The van der Waals surface area contributed by atoms with Crippen LogP contribution in [0.2, 0.25) is 0 Å². The first-order chi connectivity index (χ1) is 10.7. The third kappa shape index (κ3) is 3.08. The van der Waals surface area contributed by atoms with E-state index in [2.05, 4.69) is 69.9 Å². The van der Waals surface area contributed by atoms with Crippen LogP contribution in [0, 0.1) is 0 Å². The number of imidazole rings is 1. The van der Waals surface area contributed by atoms with Gasteiger partial charge in [-0.05, 0) is 36.2 Å². The summed E-state index contributed by atoms with van der Waals surface area (Å²) in [6, 6.07) is 16.6. The van der Waals surface area contributed by atoms with Gasteiger partial charge in [0, 0.05) is 11.0 Å². The van der Waals surface area contributed by atoms with E-state index in [1.165, 1.54) is 5.56 Å². The minimum atomic E-state index is -0.0205. The fourth-order valence-corrected chi connectivity index (χ4v) is 3.02. The van der Waals surface area contributed by atoms with Crippen LogP contribution in [-0.4, -0.2) is 9.55 Å². The highest BCUT2D eigenvalue weighted by Gasteiger charge is 2.16. The highest BCUT2D eigenvalue weighted by Crippen LogP contribution is 2.24. The van der Waals surface area contributed by atoms with Crippen molar-refractivity contribution < 1.29 is 0 Å². The zero-order valence-electron chi connectivity index (χ0n) is 12.7. The normalized spacial score (nSPS) is 12.7. The molecule has 3 rings (SSSR count). The van der Waals surface area contributed by atoms with Crippen molar-refractivity contribution in [3.8, 4) is 0 Å². The predicted molar refractivity (Wildman–Crippen MR) is 94.8 cm³/mol. The van der Waals surface area contributed by atoms with Crippen molar-refractivity contribution in [2.24, 2.45) is 5.73 Å². The molecule has 0 spiro atoms. The Morgan fingerprint density at radius 1 is 1.14 bits per heavy atom. The van der Waals surface area contributed by atoms with Crippen LogP contribution < -0.4 is 5.73 Å². The molecule has 3 aromatic rings. The second-order valence-corrected chi connectivity index (χ2v) is 6.48. The van der Waals surface area contributed by atoms with Crippen molar-refractivity contribution in [3.63, 3.8) is 0 Å². The number of nitrogens with zero attached hydrogens (tertiary/aromatic N) is 2. The number of aromatic nitrogens is 2. The molecule has 0 radical (unpaired) electrons. The highest BCUT2D eigenvalue weighted by molar-refractivity contribution is 9.10. The lowest BCUT2D eigenvalue weighted by atomic mass is 10.1. The van der Waals surface area contributed by atoms with E-state index >= 15 is 0 Å². The minimum Gasteiger partial charge on any atom is -0.322 e. The van der Waals surface area contributed by atoms with Gasteiger partial charge >= 0.3 is 0 Å².